The van der Waals surface area contributed by atoms with Crippen molar-refractivity contribution in [1.29, 1.82) is 0 Å². The smallest absolute Gasteiger partial charge is 0.244 e. The van der Waals surface area contributed by atoms with Gasteiger partial charge in [0.15, 0.2) is 0 Å². The minimum atomic E-state index is -0.433. The van der Waals surface area contributed by atoms with Crippen molar-refractivity contribution in [3.05, 3.63) is 64.3 Å². The van der Waals surface area contributed by atoms with E-state index >= 15 is 0 Å². The largest absolute Gasteiger partial charge is 0.369 e. The van der Waals surface area contributed by atoms with Crippen LogP contribution in [-0.4, -0.2) is 16.4 Å². The molecule has 0 radical (unpaired) electrons. The van der Waals surface area contributed by atoms with Gasteiger partial charge in [-0.1, -0.05) is 36.4 Å². The first-order chi connectivity index (χ1) is 12.0. The Morgan fingerprint density at radius 2 is 1.80 bits per heavy atom. The second-order valence-electron chi connectivity index (χ2n) is 5.85. The van der Waals surface area contributed by atoms with E-state index in [2.05, 4.69) is 21.2 Å². The summed E-state index contributed by atoms with van der Waals surface area (Å²) in [7, 11) is 0. The standard InChI is InChI=1S/C19H18BrN3O2/c1-12-19(20)14-7-3-5-9-16(14)23(12)11-18(25)22-15-8-4-2-6-13(15)10-17(21)24/h2-9H,10-11H2,1H3,(H2,21,24)(H,22,25). The SMILES string of the molecule is Cc1c(Br)c2ccccc2n1CC(=O)Nc1ccccc1CC(N)=O. The summed E-state index contributed by atoms with van der Waals surface area (Å²) in [4.78, 5) is 23.8. The van der Waals surface area contributed by atoms with Crippen molar-refractivity contribution in [3.8, 4) is 0 Å². The number of benzene rings is 2. The summed E-state index contributed by atoms with van der Waals surface area (Å²) < 4.78 is 2.95. The number of aromatic nitrogens is 1. The highest BCUT2D eigenvalue weighted by Gasteiger charge is 2.15. The van der Waals surface area contributed by atoms with Crippen LogP contribution in [0.25, 0.3) is 10.9 Å². The minimum Gasteiger partial charge on any atom is -0.369 e. The Balaban J connectivity index is 1.85. The zero-order valence-corrected chi connectivity index (χ0v) is 15.3. The number of para-hydroxylation sites is 2. The maximum Gasteiger partial charge on any atom is 0.244 e. The molecule has 0 bridgehead atoms. The van der Waals surface area contributed by atoms with Gasteiger partial charge in [0, 0.05) is 26.8 Å². The van der Waals surface area contributed by atoms with E-state index in [1.807, 2.05) is 47.9 Å². The molecule has 0 saturated carbocycles. The highest BCUT2D eigenvalue weighted by atomic mass is 79.9. The van der Waals surface area contributed by atoms with Crippen LogP contribution in [0.15, 0.2) is 53.0 Å². The van der Waals surface area contributed by atoms with Crippen molar-refractivity contribution in [3.63, 3.8) is 0 Å². The summed E-state index contributed by atoms with van der Waals surface area (Å²) in [6.07, 6.45) is 0.0908. The van der Waals surface area contributed by atoms with Crippen LogP contribution < -0.4 is 11.1 Å². The molecule has 0 aliphatic heterocycles. The number of nitrogens with two attached hydrogens (primary N) is 1. The van der Waals surface area contributed by atoms with Gasteiger partial charge in [-0.15, -0.1) is 0 Å². The fourth-order valence-corrected chi connectivity index (χ4v) is 3.46. The monoisotopic (exact) mass is 399 g/mol. The van der Waals surface area contributed by atoms with E-state index in [0.717, 1.165) is 21.1 Å². The molecule has 3 rings (SSSR count). The number of carbonyl (C=O) groups is 2. The Labute approximate surface area is 153 Å². The highest BCUT2D eigenvalue weighted by Crippen LogP contribution is 2.30. The van der Waals surface area contributed by atoms with Crippen molar-refractivity contribution < 1.29 is 9.59 Å². The van der Waals surface area contributed by atoms with E-state index in [1.165, 1.54) is 0 Å². The number of primary amides is 1. The van der Waals surface area contributed by atoms with Crippen molar-refractivity contribution in [2.45, 2.75) is 19.9 Å². The molecule has 0 unspecified atom stereocenters. The number of anilines is 1. The topological polar surface area (TPSA) is 77.1 Å². The van der Waals surface area contributed by atoms with Gasteiger partial charge in [-0.05, 0) is 40.5 Å². The number of fused-ring (bicyclic) bond motifs is 1. The number of nitrogens with one attached hydrogen (secondary N) is 1. The third-order valence-electron chi connectivity index (χ3n) is 4.11. The molecule has 0 atom stereocenters. The first kappa shape index (κ1) is 17.2. The molecule has 2 amide bonds. The van der Waals surface area contributed by atoms with Crippen LogP contribution in [0, 0.1) is 6.92 Å². The lowest BCUT2D eigenvalue weighted by molar-refractivity contribution is -0.118. The number of halogens is 1. The van der Waals surface area contributed by atoms with Gasteiger partial charge in [0.05, 0.1) is 6.42 Å². The van der Waals surface area contributed by atoms with E-state index in [4.69, 9.17) is 5.73 Å². The van der Waals surface area contributed by atoms with Gasteiger partial charge in [-0.3, -0.25) is 9.59 Å². The zero-order valence-electron chi connectivity index (χ0n) is 13.8. The minimum absolute atomic E-state index is 0.0908. The van der Waals surface area contributed by atoms with Crippen LogP contribution in [0.4, 0.5) is 5.69 Å². The first-order valence-corrected chi connectivity index (χ1v) is 8.66. The molecule has 0 aliphatic rings. The van der Waals surface area contributed by atoms with Crippen molar-refractivity contribution in [2.24, 2.45) is 5.73 Å². The average Bonchev–Trinajstić information content (AvgIpc) is 2.82. The van der Waals surface area contributed by atoms with Crippen molar-refractivity contribution in [1.82, 2.24) is 4.57 Å². The Hall–Kier alpha value is -2.60. The summed E-state index contributed by atoms with van der Waals surface area (Å²) >= 11 is 3.59. The normalized spacial score (nSPS) is 10.8. The van der Waals surface area contributed by atoms with Gasteiger partial charge >= 0.3 is 0 Å². The third kappa shape index (κ3) is 3.58. The fraction of sp³-hybridized carbons (Fsp3) is 0.158. The quantitative estimate of drug-likeness (QED) is 0.689. The van der Waals surface area contributed by atoms with E-state index in [0.29, 0.717) is 11.3 Å². The Bertz CT molecular complexity index is 962. The van der Waals surface area contributed by atoms with Crippen molar-refractivity contribution in [2.75, 3.05) is 5.32 Å². The summed E-state index contributed by atoms with van der Waals surface area (Å²) in [6, 6.07) is 15.1. The van der Waals surface area contributed by atoms with Crippen LogP contribution in [0.3, 0.4) is 0 Å². The van der Waals surface area contributed by atoms with Crippen LogP contribution in [0.5, 0.6) is 0 Å². The summed E-state index contributed by atoms with van der Waals surface area (Å²) in [5, 5.41) is 3.95. The molecule has 3 aromatic rings. The molecule has 0 spiro atoms. The Morgan fingerprint density at radius 3 is 2.56 bits per heavy atom. The Kier molecular flexibility index (Phi) is 4.90. The number of amides is 2. The number of nitrogens with zero attached hydrogens (tertiary/aromatic N) is 1. The second-order valence-corrected chi connectivity index (χ2v) is 6.64. The summed E-state index contributed by atoms with van der Waals surface area (Å²) in [5.74, 6) is -0.592. The molecule has 0 fully saturated rings. The van der Waals surface area contributed by atoms with Crippen LogP contribution >= 0.6 is 15.9 Å². The average molecular weight is 400 g/mol. The maximum atomic E-state index is 12.6. The summed E-state index contributed by atoms with van der Waals surface area (Å²) in [5.41, 5.74) is 8.57. The lowest BCUT2D eigenvalue weighted by atomic mass is 10.1. The fourth-order valence-electron chi connectivity index (χ4n) is 2.91. The molecule has 2 aromatic carbocycles. The molecule has 3 N–H and O–H groups in total. The van der Waals surface area contributed by atoms with Crippen molar-refractivity contribution >= 4 is 44.3 Å². The van der Waals surface area contributed by atoms with Gasteiger partial charge in [-0.2, -0.15) is 0 Å². The molecule has 0 aliphatic carbocycles. The maximum absolute atomic E-state index is 12.6. The predicted molar refractivity (Wildman–Crippen MR) is 102 cm³/mol. The molecule has 25 heavy (non-hydrogen) atoms. The number of hydrogen-bond acceptors (Lipinski definition) is 2. The van der Waals surface area contributed by atoms with Gasteiger partial charge in [0.1, 0.15) is 6.54 Å². The van der Waals surface area contributed by atoms with E-state index in [-0.39, 0.29) is 18.9 Å². The molecule has 1 aromatic heterocycles. The third-order valence-corrected chi connectivity index (χ3v) is 5.11. The Morgan fingerprint density at radius 1 is 1.12 bits per heavy atom. The number of carbonyl (C=O) groups excluding carboxylic acids is 2. The van der Waals surface area contributed by atoms with Crippen LogP contribution in [-0.2, 0) is 22.6 Å². The van der Waals surface area contributed by atoms with E-state index in [1.54, 1.807) is 12.1 Å². The second kappa shape index (κ2) is 7.11. The zero-order chi connectivity index (χ0) is 18.0. The molecular weight excluding hydrogens is 382 g/mol. The van der Waals surface area contributed by atoms with Crippen LogP contribution in [0.2, 0.25) is 0 Å². The molecule has 0 saturated heterocycles. The van der Waals surface area contributed by atoms with E-state index < -0.39 is 5.91 Å². The number of rotatable bonds is 5. The predicted octanol–water partition coefficient (Wildman–Crippen LogP) is 3.38. The molecule has 6 heteroatoms. The lowest BCUT2D eigenvalue weighted by Gasteiger charge is -2.12. The highest BCUT2D eigenvalue weighted by molar-refractivity contribution is 9.10. The molecule has 5 nitrogen and oxygen atoms in total. The van der Waals surface area contributed by atoms with Crippen LogP contribution in [0.1, 0.15) is 11.3 Å². The van der Waals surface area contributed by atoms with Gasteiger partial charge in [0.2, 0.25) is 11.8 Å². The lowest BCUT2D eigenvalue weighted by Crippen LogP contribution is -2.21. The molecular formula is C19H18BrN3O2. The van der Waals surface area contributed by atoms with Gasteiger partial charge in [-0.25, -0.2) is 0 Å². The van der Waals surface area contributed by atoms with Gasteiger partial charge < -0.3 is 15.6 Å². The molecule has 128 valence electrons. The first-order valence-electron chi connectivity index (χ1n) is 7.86. The summed E-state index contributed by atoms with van der Waals surface area (Å²) in [6.45, 7) is 2.15. The number of hydrogen-bond donors (Lipinski definition) is 2. The molecule has 1 heterocycles. The van der Waals surface area contributed by atoms with Gasteiger partial charge in [0.25, 0.3) is 0 Å². The van der Waals surface area contributed by atoms with E-state index in [9.17, 15) is 9.59 Å².